The minimum Gasteiger partial charge on any atom is -0.457 e. The van der Waals surface area contributed by atoms with Gasteiger partial charge in [-0.25, -0.2) is 9.67 Å². The summed E-state index contributed by atoms with van der Waals surface area (Å²) >= 11 is 5.85. The number of carbonyl (C=O) groups is 1. The van der Waals surface area contributed by atoms with Gasteiger partial charge < -0.3 is 10.1 Å². The molecule has 1 N–H and O–H groups in total. The first-order valence-corrected chi connectivity index (χ1v) is 10.7. The Labute approximate surface area is 206 Å². The van der Waals surface area contributed by atoms with Crippen LogP contribution in [0.25, 0.3) is 11.0 Å². The topological polar surface area (TPSA) is 112 Å². The van der Waals surface area contributed by atoms with Crippen LogP contribution in [-0.4, -0.2) is 25.6 Å². The van der Waals surface area contributed by atoms with Crippen LogP contribution in [-0.2, 0) is 17.5 Å². The predicted molar refractivity (Wildman–Crippen MR) is 125 cm³/mol. The van der Waals surface area contributed by atoms with E-state index in [0.717, 1.165) is 16.8 Å². The molecular formula is C23H17ClF3N5O4. The quantitative estimate of drug-likeness (QED) is 0.245. The molecule has 0 spiro atoms. The number of alkyl halides is 3. The highest BCUT2D eigenvalue weighted by molar-refractivity contribution is 6.30. The van der Waals surface area contributed by atoms with Gasteiger partial charge >= 0.3 is 6.18 Å². The number of fused-ring (bicyclic) bond motifs is 1. The highest BCUT2D eigenvalue weighted by Gasteiger charge is 2.35. The van der Waals surface area contributed by atoms with Crippen LogP contribution in [0.5, 0.6) is 11.5 Å². The molecule has 2 aromatic carbocycles. The minimum absolute atomic E-state index is 0.0477. The number of pyridine rings is 1. The summed E-state index contributed by atoms with van der Waals surface area (Å²) < 4.78 is 47.3. The third kappa shape index (κ3) is 5.38. The number of nitrogens with zero attached hydrogens (tertiary/aromatic N) is 4. The second kappa shape index (κ2) is 9.46. The molecule has 0 unspecified atom stereocenters. The SMILES string of the molecule is Cc1cc(C(F)(F)F)c2c(C)nn(CC(=O)Nc3cc(Oc4ccc(Cl)cc4)cc([N+](=O)[O-])c3)c2n1. The van der Waals surface area contributed by atoms with Gasteiger partial charge in [0.05, 0.1) is 33.3 Å². The summed E-state index contributed by atoms with van der Waals surface area (Å²) in [5.41, 5.74) is -1.11. The standard InChI is InChI=1S/C23H17ClF3N5O4/c1-12-7-19(23(25,26)27)21-13(2)30-31(22(21)28-12)11-20(33)29-15-8-16(32(34)35)10-18(9-15)36-17-5-3-14(24)4-6-17/h3-10H,11H2,1-2H3,(H,29,33). The lowest BCUT2D eigenvalue weighted by Gasteiger charge is -2.11. The number of non-ortho nitro benzene ring substituents is 1. The summed E-state index contributed by atoms with van der Waals surface area (Å²) in [6.07, 6.45) is -4.63. The van der Waals surface area contributed by atoms with Gasteiger partial charge in [0.15, 0.2) is 5.65 Å². The van der Waals surface area contributed by atoms with Crippen molar-refractivity contribution >= 4 is 39.9 Å². The molecule has 0 saturated heterocycles. The monoisotopic (exact) mass is 519 g/mol. The van der Waals surface area contributed by atoms with Crippen LogP contribution in [0, 0.1) is 24.0 Å². The second-order valence-corrected chi connectivity index (χ2v) is 8.26. The minimum atomic E-state index is -4.63. The molecule has 1 amide bonds. The van der Waals surface area contributed by atoms with Crippen LogP contribution in [0.3, 0.4) is 0 Å². The summed E-state index contributed by atoms with van der Waals surface area (Å²) in [4.78, 5) is 27.6. The summed E-state index contributed by atoms with van der Waals surface area (Å²) in [7, 11) is 0. The molecule has 4 rings (SSSR count). The van der Waals surface area contributed by atoms with E-state index in [2.05, 4.69) is 15.4 Å². The van der Waals surface area contributed by atoms with Crippen LogP contribution in [0.2, 0.25) is 5.02 Å². The summed E-state index contributed by atoms with van der Waals surface area (Å²) in [5.74, 6) is -0.249. The zero-order valence-corrected chi connectivity index (χ0v) is 19.5. The lowest BCUT2D eigenvalue weighted by Crippen LogP contribution is -2.20. The van der Waals surface area contributed by atoms with E-state index in [4.69, 9.17) is 16.3 Å². The fraction of sp³-hybridized carbons (Fsp3) is 0.174. The number of ether oxygens (including phenoxy) is 1. The molecular weight excluding hydrogens is 503 g/mol. The number of anilines is 1. The molecule has 9 nitrogen and oxygen atoms in total. The van der Waals surface area contributed by atoms with Crippen molar-refractivity contribution in [2.45, 2.75) is 26.6 Å². The molecule has 0 bridgehead atoms. The van der Waals surface area contributed by atoms with Gasteiger partial charge in [-0.1, -0.05) is 11.6 Å². The third-order valence-electron chi connectivity index (χ3n) is 5.04. The van der Waals surface area contributed by atoms with Gasteiger partial charge in [0, 0.05) is 22.8 Å². The first-order chi connectivity index (χ1) is 16.9. The maximum atomic E-state index is 13.5. The van der Waals surface area contributed by atoms with Gasteiger partial charge in [-0.3, -0.25) is 14.9 Å². The molecule has 0 aliphatic heterocycles. The molecule has 0 radical (unpaired) electrons. The van der Waals surface area contributed by atoms with E-state index in [9.17, 15) is 28.1 Å². The van der Waals surface area contributed by atoms with Gasteiger partial charge in [0.1, 0.15) is 18.0 Å². The maximum absolute atomic E-state index is 13.5. The summed E-state index contributed by atoms with van der Waals surface area (Å²) in [5, 5.41) is 18.2. The van der Waals surface area contributed by atoms with Crippen LogP contribution < -0.4 is 10.1 Å². The van der Waals surface area contributed by atoms with E-state index in [1.807, 2.05) is 0 Å². The van der Waals surface area contributed by atoms with E-state index < -0.39 is 29.1 Å². The number of rotatable bonds is 6. The van der Waals surface area contributed by atoms with Gasteiger partial charge in [-0.05, 0) is 44.2 Å². The molecule has 0 aliphatic carbocycles. The first-order valence-electron chi connectivity index (χ1n) is 10.4. The summed E-state index contributed by atoms with van der Waals surface area (Å²) in [6.45, 7) is 2.32. The predicted octanol–water partition coefficient (Wildman–Crippen LogP) is 6.06. The van der Waals surface area contributed by atoms with Gasteiger partial charge in [0.2, 0.25) is 5.91 Å². The molecule has 4 aromatic rings. The first kappa shape index (κ1) is 24.9. The van der Waals surface area contributed by atoms with Crippen molar-refractivity contribution in [2.75, 3.05) is 5.32 Å². The molecule has 2 heterocycles. The molecule has 2 aromatic heterocycles. The number of hydrogen-bond donors (Lipinski definition) is 1. The highest BCUT2D eigenvalue weighted by Crippen LogP contribution is 2.36. The zero-order chi connectivity index (χ0) is 26.2. The molecule has 36 heavy (non-hydrogen) atoms. The average Bonchev–Trinajstić information content (AvgIpc) is 3.08. The number of hydrogen-bond acceptors (Lipinski definition) is 6. The third-order valence-corrected chi connectivity index (χ3v) is 5.29. The average molecular weight is 520 g/mol. The highest BCUT2D eigenvalue weighted by atomic mass is 35.5. The van der Waals surface area contributed by atoms with Crippen molar-refractivity contribution in [1.29, 1.82) is 0 Å². The smallest absolute Gasteiger partial charge is 0.417 e. The second-order valence-electron chi connectivity index (χ2n) is 7.83. The Hall–Kier alpha value is -4.19. The van der Waals surface area contributed by atoms with Crippen molar-refractivity contribution in [3.05, 3.63) is 80.6 Å². The molecule has 13 heteroatoms. The van der Waals surface area contributed by atoms with E-state index in [1.54, 1.807) is 24.3 Å². The lowest BCUT2D eigenvalue weighted by atomic mass is 10.1. The Morgan fingerprint density at radius 2 is 1.83 bits per heavy atom. The number of halogens is 4. The van der Waals surface area contributed by atoms with Crippen LogP contribution in [0.4, 0.5) is 24.5 Å². The Morgan fingerprint density at radius 3 is 2.47 bits per heavy atom. The normalized spacial score (nSPS) is 11.5. The number of nitrogens with one attached hydrogen (secondary N) is 1. The van der Waals surface area contributed by atoms with Crippen molar-refractivity contribution in [2.24, 2.45) is 0 Å². The van der Waals surface area contributed by atoms with Crippen LogP contribution in [0.1, 0.15) is 17.0 Å². The number of carbonyl (C=O) groups excluding carboxylic acids is 1. The van der Waals surface area contributed by atoms with Crippen LogP contribution >= 0.6 is 11.6 Å². The molecule has 0 aliphatic rings. The lowest BCUT2D eigenvalue weighted by molar-refractivity contribution is -0.384. The zero-order valence-electron chi connectivity index (χ0n) is 18.8. The molecule has 0 saturated carbocycles. The van der Waals surface area contributed by atoms with Crippen molar-refractivity contribution in [1.82, 2.24) is 14.8 Å². The van der Waals surface area contributed by atoms with E-state index in [-0.39, 0.29) is 39.5 Å². The number of aromatic nitrogens is 3. The fourth-order valence-corrected chi connectivity index (χ4v) is 3.73. The number of amides is 1. The number of nitro benzene ring substituents is 1. The van der Waals surface area contributed by atoms with E-state index in [0.29, 0.717) is 10.8 Å². The Balaban J connectivity index is 1.62. The van der Waals surface area contributed by atoms with E-state index >= 15 is 0 Å². The molecule has 0 atom stereocenters. The summed E-state index contributed by atoms with van der Waals surface area (Å²) in [6, 6.07) is 10.9. The maximum Gasteiger partial charge on any atom is 0.417 e. The van der Waals surface area contributed by atoms with Crippen molar-refractivity contribution in [3.8, 4) is 11.5 Å². The number of aryl methyl sites for hydroxylation is 2. The van der Waals surface area contributed by atoms with Gasteiger partial charge in [-0.15, -0.1) is 0 Å². The van der Waals surface area contributed by atoms with Gasteiger partial charge in [0.25, 0.3) is 5.69 Å². The van der Waals surface area contributed by atoms with Crippen molar-refractivity contribution < 1.29 is 27.6 Å². The molecule has 186 valence electrons. The van der Waals surface area contributed by atoms with Gasteiger partial charge in [-0.2, -0.15) is 18.3 Å². The van der Waals surface area contributed by atoms with E-state index in [1.165, 1.54) is 26.0 Å². The number of benzene rings is 2. The Kier molecular flexibility index (Phi) is 6.55. The Bertz CT molecular complexity index is 1490. The molecule has 0 fully saturated rings. The number of nitro groups is 1. The Morgan fingerprint density at radius 1 is 1.14 bits per heavy atom. The van der Waals surface area contributed by atoms with Crippen LogP contribution in [0.15, 0.2) is 48.5 Å². The largest absolute Gasteiger partial charge is 0.457 e. The fourth-order valence-electron chi connectivity index (χ4n) is 3.61. The van der Waals surface area contributed by atoms with Crippen molar-refractivity contribution in [3.63, 3.8) is 0 Å².